The van der Waals surface area contributed by atoms with E-state index in [0.29, 0.717) is 0 Å². The summed E-state index contributed by atoms with van der Waals surface area (Å²) in [6.45, 7) is 0. The molecule has 1 aliphatic rings. The van der Waals surface area contributed by atoms with Crippen LogP contribution >= 0.6 is 0 Å². The van der Waals surface area contributed by atoms with Crippen molar-refractivity contribution in [3.05, 3.63) is 0 Å². The van der Waals surface area contributed by atoms with Crippen LogP contribution in [0.2, 0.25) is 0 Å². The molecule has 0 heterocycles. The van der Waals surface area contributed by atoms with Crippen LogP contribution in [0.15, 0.2) is 0 Å². The van der Waals surface area contributed by atoms with Gasteiger partial charge in [0.25, 0.3) is 5.60 Å². The fraction of sp³-hybridized carbons (Fsp3) is 0.800. The maximum atomic E-state index is 12.8. The van der Waals surface area contributed by atoms with Gasteiger partial charge < -0.3 is 9.84 Å². The molecule has 1 saturated carbocycles. The van der Waals surface area contributed by atoms with E-state index in [1.165, 1.54) is 0 Å². The third-order valence-corrected chi connectivity index (χ3v) is 3.00. The standard InChI is InChI=1S/C10H13F3O4/c1-17-8(15)9(16,10(11,12)13)6-3-2-4-7(14)5-6/h6,16H,2-5H2,1H3. The van der Waals surface area contributed by atoms with E-state index < -0.39 is 30.1 Å². The molecule has 2 atom stereocenters. The molecule has 4 nitrogen and oxygen atoms in total. The molecule has 2 unspecified atom stereocenters. The van der Waals surface area contributed by atoms with Gasteiger partial charge in [-0.3, -0.25) is 4.79 Å². The summed E-state index contributed by atoms with van der Waals surface area (Å²) in [5.74, 6) is -3.60. The van der Waals surface area contributed by atoms with E-state index in [0.717, 1.165) is 7.11 Å². The quantitative estimate of drug-likeness (QED) is 0.752. The van der Waals surface area contributed by atoms with Crippen LogP contribution in [0.25, 0.3) is 0 Å². The lowest BCUT2D eigenvalue weighted by Gasteiger charge is -2.36. The second-order valence-corrected chi connectivity index (χ2v) is 4.09. The number of aliphatic hydroxyl groups is 1. The molecule has 0 bridgehead atoms. The van der Waals surface area contributed by atoms with Crippen LogP contribution in [-0.2, 0) is 14.3 Å². The van der Waals surface area contributed by atoms with Crippen molar-refractivity contribution < 1.29 is 32.6 Å². The molecule has 0 aromatic carbocycles. The van der Waals surface area contributed by atoms with Gasteiger partial charge in [0, 0.05) is 18.8 Å². The smallest absolute Gasteiger partial charge is 0.428 e. The Balaban J connectivity index is 3.06. The molecule has 0 saturated heterocycles. The monoisotopic (exact) mass is 254 g/mol. The average Bonchev–Trinajstić information content (AvgIpc) is 2.25. The van der Waals surface area contributed by atoms with Crippen LogP contribution < -0.4 is 0 Å². The predicted molar refractivity (Wildman–Crippen MR) is 50.0 cm³/mol. The fourth-order valence-corrected chi connectivity index (χ4v) is 2.05. The molecule has 0 aliphatic heterocycles. The van der Waals surface area contributed by atoms with Crippen LogP contribution in [0, 0.1) is 5.92 Å². The van der Waals surface area contributed by atoms with E-state index in [1.807, 2.05) is 0 Å². The number of Topliss-reactive ketones (excluding diaryl/α,β-unsaturated/α-hetero) is 1. The van der Waals surface area contributed by atoms with Gasteiger partial charge in [-0.1, -0.05) is 0 Å². The second-order valence-electron chi connectivity index (χ2n) is 4.09. The topological polar surface area (TPSA) is 63.6 Å². The van der Waals surface area contributed by atoms with Crippen molar-refractivity contribution in [1.29, 1.82) is 0 Å². The first-order valence-corrected chi connectivity index (χ1v) is 5.12. The van der Waals surface area contributed by atoms with E-state index in [2.05, 4.69) is 4.74 Å². The molecule has 1 N–H and O–H groups in total. The van der Waals surface area contributed by atoms with Crippen molar-refractivity contribution in [2.75, 3.05) is 7.11 Å². The molecule has 1 rings (SSSR count). The maximum Gasteiger partial charge on any atom is 0.428 e. The molecular weight excluding hydrogens is 241 g/mol. The van der Waals surface area contributed by atoms with Crippen LogP contribution in [0.5, 0.6) is 0 Å². The van der Waals surface area contributed by atoms with Crippen LogP contribution in [0.3, 0.4) is 0 Å². The fourth-order valence-electron chi connectivity index (χ4n) is 2.05. The number of carbonyl (C=O) groups excluding carboxylic acids is 2. The Bertz CT molecular complexity index is 326. The summed E-state index contributed by atoms with van der Waals surface area (Å²) in [4.78, 5) is 22.3. The predicted octanol–water partition coefficient (Wildman–Crippen LogP) is 1.21. The van der Waals surface area contributed by atoms with Crippen molar-refractivity contribution in [3.8, 4) is 0 Å². The summed E-state index contributed by atoms with van der Waals surface area (Å²) in [6.07, 6.45) is -5.21. The van der Waals surface area contributed by atoms with Gasteiger partial charge >= 0.3 is 12.1 Å². The van der Waals surface area contributed by atoms with Gasteiger partial charge in [0.05, 0.1) is 7.11 Å². The molecule has 0 aromatic rings. The summed E-state index contributed by atoms with van der Waals surface area (Å²) < 4.78 is 42.4. The zero-order valence-corrected chi connectivity index (χ0v) is 9.21. The zero-order valence-electron chi connectivity index (χ0n) is 9.21. The van der Waals surface area contributed by atoms with Crippen LogP contribution in [0.1, 0.15) is 25.7 Å². The number of ketones is 1. The Morgan fingerprint density at radius 1 is 1.47 bits per heavy atom. The number of alkyl halides is 3. The minimum atomic E-state index is -5.15. The number of hydrogen-bond donors (Lipinski definition) is 1. The maximum absolute atomic E-state index is 12.8. The SMILES string of the molecule is COC(=O)C(O)(C1CCCC(=O)C1)C(F)(F)F. The van der Waals surface area contributed by atoms with Crippen LogP contribution in [0.4, 0.5) is 13.2 Å². The third kappa shape index (κ3) is 2.43. The minimum absolute atomic E-state index is 0.0309. The van der Waals surface area contributed by atoms with Gasteiger partial charge in [0.1, 0.15) is 5.78 Å². The first-order chi connectivity index (χ1) is 7.73. The molecule has 0 radical (unpaired) electrons. The van der Waals surface area contributed by atoms with E-state index in [-0.39, 0.29) is 25.0 Å². The second kappa shape index (κ2) is 4.64. The molecular formula is C10H13F3O4. The number of halogens is 3. The van der Waals surface area contributed by atoms with Crippen molar-refractivity contribution in [1.82, 2.24) is 0 Å². The lowest BCUT2D eigenvalue weighted by Crippen LogP contribution is -2.59. The molecule has 7 heteroatoms. The van der Waals surface area contributed by atoms with E-state index in [9.17, 15) is 27.9 Å². The normalized spacial score (nSPS) is 25.2. The summed E-state index contributed by atoms with van der Waals surface area (Å²) >= 11 is 0. The molecule has 1 fully saturated rings. The Kier molecular flexibility index (Phi) is 3.81. The number of ether oxygens (including phenoxy) is 1. The average molecular weight is 254 g/mol. The summed E-state index contributed by atoms with van der Waals surface area (Å²) in [5.41, 5.74) is -3.59. The highest BCUT2D eigenvalue weighted by atomic mass is 19.4. The molecule has 17 heavy (non-hydrogen) atoms. The number of hydrogen-bond acceptors (Lipinski definition) is 4. The Morgan fingerprint density at radius 3 is 2.47 bits per heavy atom. The molecule has 98 valence electrons. The van der Waals surface area contributed by atoms with Gasteiger partial charge in [-0.2, -0.15) is 13.2 Å². The van der Waals surface area contributed by atoms with Crippen molar-refractivity contribution in [2.24, 2.45) is 5.92 Å². The first-order valence-electron chi connectivity index (χ1n) is 5.12. The molecule has 0 spiro atoms. The molecule has 0 amide bonds. The van der Waals surface area contributed by atoms with Crippen molar-refractivity contribution >= 4 is 11.8 Å². The molecule has 1 aliphatic carbocycles. The van der Waals surface area contributed by atoms with Gasteiger partial charge in [0.15, 0.2) is 0 Å². The Hall–Kier alpha value is -1.11. The molecule has 0 aromatic heterocycles. The van der Waals surface area contributed by atoms with Gasteiger partial charge in [-0.15, -0.1) is 0 Å². The summed E-state index contributed by atoms with van der Waals surface area (Å²) in [7, 11) is 0.768. The number of rotatable bonds is 2. The van der Waals surface area contributed by atoms with Crippen molar-refractivity contribution in [2.45, 2.75) is 37.5 Å². The Morgan fingerprint density at radius 2 is 2.06 bits per heavy atom. The highest BCUT2D eigenvalue weighted by molar-refractivity contribution is 5.84. The van der Waals surface area contributed by atoms with E-state index >= 15 is 0 Å². The number of carbonyl (C=O) groups is 2. The first kappa shape index (κ1) is 14.0. The lowest BCUT2D eigenvalue weighted by atomic mass is 9.76. The van der Waals surface area contributed by atoms with Gasteiger partial charge in [-0.25, -0.2) is 4.79 Å². The Labute approximate surface area is 95.7 Å². The highest BCUT2D eigenvalue weighted by Gasteiger charge is 2.65. The lowest BCUT2D eigenvalue weighted by molar-refractivity contribution is -0.279. The zero-order chi connectivity index (χ0) is 13.3. The third-order valence-electron chi connectivity index (χ3n) is 3.00. The van der Waals surface area contributed by atoms with Crippen LogP contribution in [-0.4, -0.2) is 35.7 Å². The van der Waals surface area contributed by atoms with Gasteiger partial charge in [0.2, 0.25) is 0 Å². The number of methoxy groups -OCH3 is 1. The minimum Gasteiger partial charge on any atom is -0.467 e. The summed E-state index contributed by atoms with van der Waals surface area (Å²) in [6, 6.07) is 0. The van der Waals surface area contributed by atoms with E-state index in [4.69, 9.17) is 0 Å². The van der Waals surface area contributed by atoms with Gasteiger partial charge in [-0.05, 0) is 12.8 Å². The van der Waals surface area contributed by atoms with Crippen molar-refractivity contribution in [3.63, 3.8) is 0 Å². The van der Waals surface area contributed by atoms with E-state index in [1.54, 1.807) is 0 Å². The number of esters is 1. The summed E-state index contributed by atoms with van der Waals surface area (Å²) in [5, 5.41) is 9.61. The highest BCUT2D eigenvalue weighted by Crippen LogP contribution is 2.42. The largest absolute Gasteiger partial charge is 0.467 e.